The molecule has 4 heteroatoms. The highest BCUT2D eigenvalue weighted by molar-refractivity contribution is 6.31. The van der Waals surface area contributed by atoms with Gasteiger partial charge in [-0.25, -0.2) is 0 Å². The van der Waals surface area contributed by atoms with Gasteiger partial charge in [0.2, 0.25) is 0 Å². The summed E-state index contributed by atoms with van der Waals surface area (Å²) in [5, 5.41) is 4.37. The second-order valence-electron chi connectivity index (χ2n) is 5.64. The smallest absolute Gasteiger partial charge is 0.0596 e. The zero-order valence-electron chi connectivity index (χ0n) is 13.7. The maximum Gasteiger partial charge on any atom is 0.0596 e. The largest absolute Gasteiger partial charge is 0.377 e. The maximum atomic E-state index is 6.31. The van der Waals surface area contributed by atoms with Crippen LogP contribution in [-0.2, 0) is 4.74 Å². The van der Waals surface area contributed by atoms with Crippen LogP contribution >= 0.6 is 11.6 Å². The van der Waals surface area contributed by atoms with Crippen LogP contribution in [0, 0.1) is 0 Å². The highest BCUT2D eigenvalue weighted by atomic mass is 35.5. The van der Waals surface area contributed by atoms with Crippen molar-refractivity contribution in [3.8, 4) is 0 Å². The molecule has 0 fully saturated rings. The average molecular weight is 313 g/mol. The lowest BCUT2D eigenvalue weighted by Crippen LogP contribution is -2.30. The van der Waals surface area contributed by atoms with E-state index >= 15 is 0 Å². The predicted molar refractivity (Wildman–Crippen MR) is 91.1 cm³/mol. The molecule has 0 saturated heterocycles. The van der Waals surface area contributed by atoms with Crippen LogP contribution in [0.1, 0.15) is 38.8 Å². The Kier molecular flexibility index (Phi) is 8.93. The molecular formula is C17H29ClN2O. The third-order valence-electron chi connectivity index (χ3n) is 3.45. The van der Waals surface area contributed by atoms with E-state index in [2.05, 4.69) is 44.1 Å². The van der Waals surface area contributed by atoms with E-state index in [1.165, 1.54) is 5.56 Å². The van der Waals surface area contributed by atoms with Crippen molar-refractivity contribution in [2.45, 2.75) is 39.3 Å². The third kappa shape index (κ3) is 7.28. The molecule has 3 nitrogen and oxygen atoms in total. The molecule has 1 atom stereocenters. The second kappa shape index (κ2) is 10.2. The Morgan fingerprint density at radius 3 is 2.57 bits per heavy atom. The van der Waals surface area contributed by atoms with Crippen molar-refractivity contribution in [1.82, 2.24) is 10.2 Å². The number of rotatable bonds is 10. The molecule has 0 aliphatic carbocycles. The first-order valence-electron chi connectivity index (χ1n) is 7.82. The maximum absolute atomic E-state index is 6.31. The van der Waals surface area contributed by atoms with Crippen molar-refractivity contribution in [1.29, 1.82) is 0 Å². The Morgan fingerprint density at radius 1 is 1.24 bits per heavy atom. The molecule has 1 unspecified atom stereocenters. The fourth-order valence-corrected chi connectivity index (χ4v) is 2.54. The second-order valence-corrected chi connectivity index (χ2v) is 6.05. The molecule has 1 N–H and O–H groups in total. The summed E-state index contributed by atoms with van der Waals surface area (Å²) in [5.41, 5.74) is 1.19. The normalized spacial score (nSPS) is 13.1. The van der Waals surface area contributed by atoms with Crippen LogP contribution in [0.5, 0.6) is 0 Å². The van der Waals surface area contributed by atoms with Crippen LogP contribution in [0.15, 0.2) is 24.3 Å². The highest BCUT2D eigenvalue weighted by Crippen LogP contribution is 2.25. The standard InChI is InChI=1S/C17H29ClN2O/c1-5-19-17(15-8-6-7-9-16(15)18)10-11-20(4)12-13-21-14(2)3/h6-9,14,17,19H,5,10-13H2,1-4H3. The Hall–Kier alpha value is -0.610. The first kappa shape index (κ1) is 18.4. The van der Waals surface area contributed by atoms with E-state index in [4.69, 9.17) is 16.3 Å². The third-order valence-corrected chi connectivity index (χ3v) is 3.80. The van der Waals surface area contributed by atoms with Gasteiger partial charge in [-0.05, 0) is 52.0 Å². The molecule has 1 aromatic carbocycles. The van der Waals surface area contributed by atoms with Crippen molar-refractivity contribution in [2.75, 3.05) is 33.3 Å². The fraction of sp³-hybridized carbons (Fsp3) is 0.647. The van der Waals surface area contributed by atoms with E-state index in [0.717, 1.165) is 37.7 Å². The van der Waals surface area contributed by atoms with Gasteiger partial charge in [0.1, 0.15) is 0 Å². The van der Waals surface area contributed by atoms with E-state index in [1.54, 1.807) is 0 Å². The lowest BCUT2D eigenvalue weighted by atomic mass is 10.0. The van der Waals surface area contributed by atoms with Crippen LogP contribution < -0.4 is 5.32 Å². The molecule has 0 radical (unpaired) electrons. The summed E-state index contributed by atoms with van der Waals surface area (Å²) in [7, 11) is 2.14. The Labute approximate surface area is 134 Å². The molecule has 0 aliphatic heterocycles. The Morgan fingerprint density at radius 2 is 1.95 bits per heavy atom. The van der Waals surface area contributed by atoms with Gasteiger partial charge in [-0.1, -0.05) is 36.7 Å². The first-order chi connectivity index (χ1) is 10.0. The lowest BCUT2D eigenvalue weighted by molar-refractivity contribution is 0.0632. The van der Waals surface area contributed by atoms with Gasteiger partial charge in [0, 0.05) is 17.6 Å². The molecule has 1 aromatic rings. The summed E-state index contributed by atoms with van der Waals surface area (Å²) in [5.74, 6) is 0. The minimum Gasteiger partial charge on any atom is -0.377 e. The molecule has 0 saturated carbocycles. The highest BCUT2D eigenvalue weighted by Gasteiger charge is 2.14. The van der Waals surface area contributed by atoms with Crippen molar-refractivity contribution in [2.24, 2.45) is 0 Å². The van der Waals surface area contributed by atoms with Crippen molar-refractivity contribution in [3.05, 3.63) is 34.9 Å². The Bertz CT molecular complexity index is 398. The van der Waals surface area contributed by atoms with Crippen molar-refractivity contribution < 1.29 is 4.74 Å². The van der Waals surface area contributed by atoms with E-state index in [9.17, 15) is 0 Å². The van der Waals surface area contributed by atoms with Gasteiger partial charge in [0.05, 0.1) is 12.7 Å². The SMILES string of the molecule is CCNC(CCN(C)CCOC(C)C)c1ccccc1Cl. The van der Waals surface area contributed by atoms with Crippen LogP contribution in [0.3, 0.4) is 0 Å². The Balaban J connectivity index is 2.46. The van der Waals surface area contributed by atoms with Crippen molar-refractivity contribution in [3.63, 3.8) is 0 Å². The predicted octanol–water partition coefficient (Wildman–Crippen LogP) is 3.74. The number of nitrogens with zero attached hydrogens (tertiary/aromatic N) is 1. The number of benzene rings is 1. The summed E-state index contributed by atoms with van der Waals surface area (Å²) in [4.78, 5) is 2.31. The van der Waals surface area contributed by atoms with Crippen LogP contribution in [0.2, 0.25) is 5.02 Å². The van der Waals surface area contributed by atoms with Gasteiger partial charge in [0.15, 0.2) is 0 Å². The average Bonchev–Trinajstić information content (AvgIpc) is 2.44. The minimum atomic E-state index is 0.302. The van der Waals surface area contributed by atoms with Crippen LogP contribution in [0.4, 0.5) is 0 Å². The van der Waals surface area contributed by atoms with E-state index in [1.807, 2.05) is 18.2 Å². The van der Waals surface area contributed by atoms with Gasteiger partial charge < -0.3 is 15.0 Å². The number of nitrogens with one attached hydrogen (secondary N) is 1. The molecule has 0 aromatic heterocycles. The molecule has 21 heavy (non-hydrogen) atoms. The number of hydrogen-bond acceptors (Lipinski definition) is 3. The van der Waals surface area contributed by atoms with Gasteiger partial charge in [0.25, 0.3) is 0 Å². The molecule has 0 spiro atoms. The minimum absolute atomic E-state index is 0.302. The molecule has 0 heterocycles. The van der Waals surface area contributed by atoms with Gasteiger partial charge in [-0.3, -0.25) is 0 Å². The summed E-state index contributed by atoms with van der Waals surface area (Å²) in [6.07, 6.45) is 1.34. The molecule has 120 valence electrons. The number of ether oxygens (including phenoxy) is 1. The molecule has 0 amide bonds. The fourth-order valence-electron chi connectivity index (χ4n) is 2.28. The van der Waals surface area contributed by atoms with E-state index in [-0.39, 0.29) is 0 Å². The monoisotopic (exact) mass is 312 g/mol. The van der Waals surface area contributed by atoms with Gasteiger partial charge in [-0.2, -0.15) is 0 Å². The van der Waals surface area contributed by atoms with Gasteiger partial charge >= 0.3 is 0 Å². The zero-order chi connectivity index (χ0) is 15.7. The van der Waals surface area contributed by atoms with Crippen LogP contribution in [-0.4, -0.2) is 44.3 Å². The summed E-state index contributed by atoms with van der Waals surface area (Å²) in [6, 6.07) is 8.40. The molecule has 0 aliphatic rings. The quantitative estimate of drug-likeness (QED) is 0.712. The summed E-state index contributed by atoms with van der Waals surface area (Å²) in [6.45, 7) is 9.97. The topological polar surface area (TPSA) is 24.5 Å². The molecule has 0 bridgehead atoms. The summed E-state index contributed by atoms with van der Waals surface area (Å²) >= 11 is 6.31. The number of halogens is 1. The zero-order valence-corrected chi connectivity index (χ0v) is 14.5. The van der Waals surface area contributed by atoms with E-state index < -0.39 is 0 Å². The number of hydrogen-bond donors (Lipinski definition) is 1. The molecule has 1 rings (SSSR count). The van der Waals surface area contributed by atoms with Gasteiger partial charge in [-0.15, -0.1) is 0 Å². The van der Waals surface area contributed by atoms with Crippen molar-refractivity contribution >= 4 is 11.6 Å². The van der Waals surface area contributed by atoms with Crippen LogP contribution in [0.25, 0.3) is 0 Å². The first-order valence-corrected chi connectivity index (χ1v) is 8.20. The number of likely N-dealkylation sites (N-methyl/N-ethyl adjacent to an activating group) is 1. The molecular weight excluding hydrogens is 284 g/mol. The summed E-state index contributed by atoms with van der Waals surface area (Å²) < 4.78 is 5.59. The lowest BCUT2D eigenvalue weighted by Gasteiger charge is -2.23. The van der Waals surface area contributed by atoms with E-state index in [0.29, 0.717) is 12.1 Å².